The van der Waals surface area contributed by atoms with E-state index in [2.05, 4.69) is 24.1 Å². The van der Waals surface area contributed by atoms with Gasteiger partial charge in [0.2, 0.25) is 5.91 Å². The first-order valence-corrected chi connectivity index (χ1v) is 7.26. The first-order valence-electron chi connectivity index (χ1n) is 7.26. The molecule has 108 valence electrons. The van der Waals surface area contributed by atoms with Crippen molar-refractivity contribution in [2.45, 2.75) is 46.0 Å². The molecule has 3 N–H and O–H groups in total. The summed E-state index contributed by atoms with van der Waals surface area (Å²) in [4.78, 5) is 11.8. The van der Waals surface area contributed by atoms with E-state index in [1.54, 1.807) is 0 Å². The van der Waals surface area contributed by atoms with Gasteiger partial charge >= 0.3 is 0 Å². The molecule has 1 amide bonds. The fourth-order valence-electron chi connectivity index (χ4n) is 1.92. The first kappa shape index (κ1) is 16.3. The summed E-state index contributed by atoms with van der Waals surface area (Å²) in [5, 5.41) is 2.92. The molecule has 20 heavy (non-hydrogen) atoms. The van der Waals surface area contributed by atoms with Crippen LogP contribution >= 0.6 is 0 Å². The maximum atomic E-state index is 11.8. The number of rotatable bonds is 6. The van der Waals surface area contributed by atoms with Crippen LogP contribution in [0, 0.1) is 18.8 Å². The molecule has 0 atom stereocenters. The quantitative estimate of drug-likeness (QED) is 0.617. The topological polar surface area (TPSA) is 55.1 Å². The Balaban J connectivity index is 2.57. The summed E-state index contributed by atoms with van der Waals surface area (Å²) in [6.45, 7) is 4.50. The molecule has 0 spiro atoms. The molecule has 3 nitrogen and oxygen atoms in total. The van der Waals surface area contributed by atoms with Gasteiger partial charge in [-0.25, -0.2) is 0 Å². The van der Waals surface area contributed by atoms with E-state index in [1.807, 2.05) is 25.1 Å². The molecule has 0 saturated heterocycles. The van der Waals surface area contributed by atoms with Crippen LogP contribution < -0.4 is 11.1 Å². The highest BCUT2D eigenvalue weighted by atomic mass is 16.1. The van der Waals surface area contributed by atoms with Gasteiger partial charge in [0.25, 0.3) is 0 Å². The van der Waals surface area contributed by atoms with Gasteiger partial charge in [0, 0.05) is 17.7 Å². The van der Waals surface area contributed by atoms with E-state index in [0.29, 0.717) is 13.0 Å². The maximum Gasteiger partial charge on any atom is 0.224 e. The number of amides is 1. The van der Waals surface area contributed by atoms with Crippen molar-refractivity contribution in [1.29, 1.82) is 0 Å². The number of hydrogen-bond donors (Lipinski definition) is 2. The molecule has 0 bridgehead atoms. The van der Waals surface area contributed by atoms with E-state index in [0.717, 1.165) is 29.7 Å². The van der Waals surface area contributed by atoms with Crippen LogP contribution in [0.15, 0.2) is 18.2 Å². The van der Waals surface area contributed by atoms with Crippen LogP contribution in [0.3, 0.4) is 0 Å². The lowest BCUT2D eigenvalue weighted by molar-refractivity contribution is -0.116. The number of hydrogen-bond acceptors (Lipinski definition) is 2. The SMILES string of the molecule is CCCCCCC(=O)Nc1ccc(C)c(C#CCN)c1. The van der Waals surface area contributed by atoms with Gasteiger partial charge in [-0.1, -0.05) is 44.1 Å². The predicted octanol–water partition coefficient (Wildman–Crippen LogP) is 3.21. The van der Waals surface area contributed by atoms with E-state index in [9.17, 15) is 4.79 Å². The Bertz CT molecular complexity index is 497. The molecule has 1 aromatic rings. The molecular weight excluding hydrogens is 248 g/mol. The Morgan fingerprint density at radius 2 is 2.10 bits per heavy atom. The number of nitrogens with one attached hydrogen (secondary N) is 1. The van der Waals surface area contributed by atoms with Crippen molar-refractivity contribution >= 4 is 11.6 Å². The van der Waals surface area contributed by atoms with Crippen LogP contribution in [0.2, 0.25) is 0 Å². The average Bonchev–Trinajstić information content (AvgIpc) is 2.44. The third kappa shape index (κ3) is 5.90. The molecule has 0 heterocycles. The number of carbonyl (C=O) groups is 1. The van der Waals surface area contributed by atoms with E-state index in [-0.39, 0.29) is 5.91 Å². The predicted molar refractivity (Wildman–Crippen MR) is 84.5 cm³/mol. The number of unbranched alkanes of at least 4 members (excludes halogenated alkanes) is 3. The minimum absolute atomic E-state index is 0.0719. The highest BCUT2D eigenvalue weighted by Crippen LogP contribution is 2.15. The van der Waals surface area contributed by atoms with Gasteiger partial charge in [-0.3, -0.25) is 4.79 Å². The number of benzene rings is 1. The lowest BCUT2D eigenvalue weighted by Crippen LogP contribution is -2.11. The highest BCUT2D eigenvalue weighted by Gasteiger charge is 2.03. The fourth-order valence-corrected chi connectivity index (χ4v) is 1.92. The summed E-state index contributed by atoms with van der Waals surface area (Å²) in [6, 6.07) is 5.78. The lowest BCUT2D eigenvalue weighted by Gasteiger charge is -2.07. The van der Waals surface area contributed by atoms with Gasteiger partial charge in [-0.2, -0.15) is 0 Å². The van der Waals surface area contributed by atoms with Gasteiger partial charge in [-0.15, -0.1) is 0 Å². The number of nitrogens with two attached hydrogens (primary N) is 1. The second kappa shape index (κ2) is 9.17. The maximum absolute atomic E-state index is 11.8. The van der Waals surface area contributed by atoms with Crippen molar-refractivity contribution in [3.8, 4) is 11.8 Å². The number of carbonyl (C=O) groups excluding carboxylic acids is 1. The molecule has 3 heteroatoms. The molecule has 0 aliphatic rings. The van der Waals surface area contributed by atoms with Crippen LogP contribution in [0.1, 0.15) is 50.2 Å². The van der Waals surface area contributed by atoms with Crippen LogP contribution in [0.25, 0.3) is 0 Å². The van der Waals surface area contributed by atoms with E-state index < -0.39 is 0 Å². The molecule has 1 rings (SSSR count). The Morgan fingerprint density at radius 1 is 1.30 bits per heavy atom. The molecule has 0 aliphatic heterocycles. The minimum Gasteiger partial charge on any atom is -0.326 e. The van der Waals surface area contributed by atoms with Crippen LogP contribution in [0.4, 0.5) is 5.69 Å². The second-order valence-electron chi connectivity index (χ2n) is 4.89. The lowest BCUT2D eigenvalue weighted by atomic mass is 10.1. The molecule has 0 aromatic heterocycles. The van der Waals surface area contributed by atoms with Crippen LogP contribution in [-0.2, 0) is 4.79 Å². The normalized spacial score (nSPS) is 9.75. The van der Waals surface area contributed by atoms with Crippen molar-refractivity contribution in [2.24, 2.45) is 5.73 Å². The zero-order chi connectivity index (χ0) is 14.8. The Labute approximate surface area is 121 Å². The first-order chi connectivity index (χ1) is 9.67. The molecule has 0 fully saturated rings. The molecule has 1 aromatic carbocycles. The van der Waals surface area contributed by atoms with Crippen molar-refractivity contribution < 1.29 is 4.79 Å². The zero-order valence-electron chi connectivity index (χ0n) is 12.5. The summed E-state index contributed by atoms with van der Waals surface area (Å²) >= 11 is 0. The third-order valence-corrected chi connectivity index (χ3v) is 3.10. The standard InChI is InChI=1S/C17H24N2O/c1-3-4-5-6-9-17(20)19-16-11-10-14(2)15(13-16)8-7-12-18/h10-11,13H,3-6,9,12,18H2,1-2H3,(H,19,20). The largest absolute Gasteiger partial charge is 0.326 e. The van der Waals surface area contributed by atoms with Gasteiger partial charge in [0.05, 0.1) is 6.54 Å². The van der Waals surface area contributed by atoms with Crippen LogP contribution in [0.5, 0.6) is 0 Å². The molecule has 0 radical (unpaired) electrons. The van der Waals surface area contributed by atoms with Gasteiger partial charge in [0.1, 0.15) is 0 Å². The van der Waals surface area contributed by atoms with Crippen LogP contribution in [-0.4, -0.2) is 12.5 Å². The summed E-state index contributed by atoms with van der Waals surface area (Å²) < 4.78 is 0. The third-order valence-electron chi connectivity index (χ3n) is 3.10. The van der Waals surface area contributed by atoms with E-state index in [4.69, 9.17) is 5.73 Å². The Hall–Kier alpha value is -1.79. The van der Waals surface area contributed by atoms with Crippen molar-refractivity contribution in [3.05, 3.63) is 29.3 Å². The average molecular weight is 272 g/mol. The van der Waals surface area contributed by atoms with Gasteiger partial charge < -0.3 is 11.1 Å². The van der Waals surface area contributed by atoms with Crippen molar-refractivity contribution in [2.75, 3.05) is 11.9 Å². The van der Waals surface area contributed by atoms with Crippen molar-refractivity contribution in [1.82, 2.24) is 0 Å². The summed E-state index contributed by atoms with van der Waals surface area (Å²) in [5.41, 5.74) is 8.19. The fraction of sp³-hybridized carbons (Fsp3) is 0.471. The minimum atomic E-state index is 0.0719. The van der Waals surface area contributed by atoms with Gasteiger partial charge in [0.15, 0.2) is 0 Å². The Kier molecular flexibility index (Phi) is 7.46. The number of aryl methyl sites for hydroxylation is 1. The molecule has 0 unspecified atom stereocenters. The summed E-state index contributed by atoms with van der Waals surface area (Å²) in [5.74, 6) is 5.93. The second-order valence-corrected chi connectivity index (χ2v) is 4.89. The van der Waals surface area contributed by atoms with Crippen molar-refractivity contribution in [3.63, 3.8) is 0 Å². The smallest absolute Gasteiger partial charge is 0.224 e. The molecule has 0 aliphatic carbocycles. The monoisotopic (exact) mass is 272 g/mol. The highest BCUT2D eigenvalue weighted by molar-refractivity contribution is 5.90. The summed E-state index contributed by atoms with van der Waals surface area (Å²) in [6.07, 6.45) is 5.02. The van der Waals surface area contributed by atoms with E-state index >= 15 is 0 Å². The molecule has 0 saturated carbocycles. The number of anilines is 1. The van der Waals surface area contributed by atoms with E-state index in [1.165, 1.54) is 12.8 Å². The Morgan fingerprint density at radius 3 is 2.80 bits per heavy atom. The molecular formula is C17H24N2O. The zero-order valence-corrected chi connectivity index (χ0v) is 12.5. The summed E-state index contributed by atoms with van der Waals surface area (Å²) in [7, 11) is 0. The van der Waals surface area contributed by atoms with Gasteiger partial charge in [-0.05, 0) is 31.0 Å².